The largest absolute Gasteiger partial charge is 0.390 e. The van der Waals surface area contributed by atoms with E-state index in [2.05, 4.69) is 0 Å². The topological polar surface area (TPSA) is 20.2 Å². The Morgan fingerprint density at radius 1 is 0.882 bits per heavy atom. The van der Waals surface area contributed by atoms with E-state index in [4.69, 9.17) is 0 Å². The van der Waals surface area contributed by atoms with Crippen LogP contribution in [0.4, 0.5) is 0 Å². The van der Waals surface area contributed by atoms with Crippen molar-refractivity contribution in [3.63, 3.8) is 0 Å². The standard InChI is InChI=1S/C16H28O/c17-16(11-9-13-4-1-2-5-13)10-3-6-15(12-16)14-7-8-14/h13-15,17H,1-12H2. The fourth-order valence-corrected chi connectivity index (χ4v) is 4.35. The summed E-state index contributed by atoms with van der Waals surface area (Å²) in [6.07, 6.45) is 15.9. The van der Waals surface area contributed by atoms with Crippen LogP contribution < -0.4 is 0 Å². The zero-order valence-electron chi connectivity index (χ0n) is 11.2. The molecule has 2 unspecified atom stereocenters. The number of hydrogen-bond acceptors (Lipinski definition) is 1. The van der Waals surface area contributed by atoms with Crippen molar-refractivity contribution in [1.29, 1.82) is 0 Å². The maximum Gasteiger partial charge on any atom is 0.0650 e. The minimum Gasteiger partial charge on any atom is -0.390 e. The first-order chi connectivity index (χ1) is 8.25. The molecule has 1 heteroatoms. The lowest BCUT2D eigenvalue weighted by atomic mass is 9.73. The zero-order chi connectivity index (χ0) is 11.7. The van der Waals surface area contributed by atoms with Gasteiger partial charge in [0, 0.05) is 0 Å². The maximum absolute atomic E-state index is 10.8. The van der Waals surface area contributed by atoms with Crippen LogP contribution in [0.5, 0.6) is 0 Å². The van der Waals surface area contributed by atoms with Crippen LogP contribution in [0.3, 0.4) is 0 Å². The Morgan fingerprint density at radius 2 is 1.65 bits per heavy atom. The maximum atomic E-state index is 10.8. The first-order valence-corrected chi connectivity index (χ1v) is 7.98. The second-order valence-corrected chi connectivity index (χ2v) is 7.11. The molecule has 0 aromatic rings. The SMILES string of the molecule is OC1(CCC2CCCC2)CCCC(C2CC2)C1. The second-order valence-electron chi connectivity index (χ2n) is 7.11. The predicted octanol–water partition coefficient (Wildman–Crippen LogP) is 4.29. The van der Waals surface area contributed by atoms with Crippen LogP contribution in [0.1, 0.15) is 77.0 Å². The first kappa shape index (κ1) is 12.0. The summed E-state index contributed by atoms with van der Waals surface area (Å²) in [6.45, 7) is 0. The van der Waals surface area contributed by atoms with E-state index in [1.807, 2.05) is 0 Å². The summed E-state index contributed by atoms with van der Waals surface area (Å²) in [6, 6.07) is 0. The molecule has 3 fully saturated rings. The Bertz CT molecular complexity index is 252. The summed E-state index contributed by atoms with van der Waals surface area (Å²) in [5, 5.41) is 10.8. The van der Waals surface area contributed by atoms with Crippen LogP contribution in [0.25, 0.3) is 0 Å². The van der Waals surface area contributed by atoms with Gasteiger partial charge in [0.05, 0.1) is 5.60 Å². The molecule has 1 nitrogen and oxygen atoms in total. The molecule has 0 radical (unpaired) electrons. The third-order valence-corrected chi connectivity index (χ3v) is 5.64. The molecule has 0 amide bonds. The van der Waals surface area contributed by atoms with E-state index in [9.17, 15) is 5.11 Å². The van der Waals surface area contributed by atoms with Gasteiger partial charge in [-0.25, -0.2) is 0 Å². The molecule has 0 aromatic heterocycles. The summed E-state index contributed by atoms with van der Waals surface area (Å²) >= 11 is 0. The Balaban J connectivity index is 1.48. The molecule has 3 saturated carbocycles. The monoisotopic (exact) mass is 236 g/mol. The highest BCUT2D eigenvalue weighted by molar-refractivity contribution is 4.93. The third-order valence-electron chi connectivity index (χ3n) is 5.64. The van der Waals surface area contributed by atoms with E-state index >= 15 is 0 Å². The van der Waals surface area contributed by atoms with Crippen LogP contribution in [0.2, 0.25) is 0 Å². The Morgan fingerprint density at radius 3 is 2.35 bits per heavy atom. The van der Waals surface area contributed by atoms with E-state index < -0.39 is 0 Å². The van der Waals surface area contributed by atoms with E-state index in [1.54, 1.807) is 0 Å². The molecular weight excluding hydrogens is 208 g/mol. The summed E-state index contributed by atoms with van der Waals surface area (Å²) in [4.78, 5) is 0. The van der Waals surface area contributed by atoms with Gasteiger partial charge >= 0.3 is 0 Å². The molecule has 0 heterocycles. The summed E-state index contributed by atoms with van der Waals surface area (Å²) in [7, 11) is 0. The molecule has 17 heavy (non-hydrogen) atoms. The molecule has 0 aliphatic heterocycles. The van der Waals surface area contributed by atoms with Crippen molar-refractivity contribution in [2.45, 2.75) is 82.7 Å². The Labute approximate surface area is 106 Å². The van der Waals surface area contributed by atoms with Gasteiger partial charge in [0.15, 0.2) is 0 Å². The van der Waals surface area contributed by atoms with Crippen LogP contribution in [0.15, 0.2) is 0 Å². The lowest BCUT2D eigenvalue weighted by Crippen LogP contribution is -2.36. The van der Waals surface area contributed by atoms with Crippen molar-refractivity contribution >= 4 is 0 Å². The van der Waals surface area contributed by atoms with Crippen molar-refractivity contribution < 1.29 is 5.11 Å². The highest BCUT2D eigenvalue weighted by Gasteiger charge is 2.40. The summed E-state index contributed by atoms with van der Waals surface area (Å²) in [5.74, 6) is 2.81. The fourth-order valence-electron chi connectivity index (χ4n) is 4.35. The van der Waals surface area contributed by atoms with Gasteiger partial charge in [-0.2, -0.15) is 0 Å². The molecule has 1 N–H and O–H groups in total. The number of rotatable bonds is 4. The Hall–Kier alpha value is -0.0400. The highest BCUT2D eigenvalue weighted by Crippen LogP contribution is 2.48. The predicted molar refractivity (Wildman–Crippen MR) is 70.8 cm³/mol. The van der Waals surface area contributed by atoms with E-state index in [0.29, 0.717) is 0 Å². The van der Waals surface area contributed by atoms with Gasteiger partial charge in [-0.15, -0.1) is 0 Å². The molecule has 0 bridgehead atoms. The van der Waals surface area contributed by atoms with Gasteiger partial charge in [-0.3, -0.25) is 0 Å². The lowest BCUT2D eigenvalue weighted by molar-refractivity contribution is -0.0311. The van der Waals surface area contributed by atoms with Crippen molar-refractivity contribution in [3.05, 3.63) is 0 Å². The highest BCUT2D eigenvalue weighted by atomic mass is 16.3. The van der Waals surface area contributed by atoms with E-state index in [-0.39, 0.29) is 5.60 Å². The molecular formula is C16H28O. The van der Waals surface area contributed by atoms with Gasteiger partial charge in [0.2, 0.25) is 0 Å². The van der Waals surface area contributed by atoms with Crippen LogP contribution >= 0.6 is 0 Å². The van der Waals surface area contributed by atoms with Crippen LogP contribution in [-0.4, -0.2) is 10.7 Å². The molecule has 98 valence electrons. The molecule has 3 aliphatic rings. The van der Waals surface area contributed by atoms with E-state index in [0.717, 1.165) is 37.0 Å². The third kappa shape index (κ3) is 3.05. The molecule has 2 atom stereocenters. The number of aliphatic hydroxyl groups is 1. The van der Waals surface area contributed by atoms with Gasteiger partial charge in [0.1, 0.15) is 0 Å². The van der Waals surface area contributed by atoms with Crippen molar-refractivity contribution in [1.82, 2.24) is 0 Å². The van der Waals surface area contributed by atoms with Gasteiger partial charge in [0.25, 0.3) is 0 Å². The lowest BCUT2D eigenvalue weighted by Gasteiger charge is -2.37. The Kier molecular flexibility index (Phi) is 3.47. The quantitative estimate of drug-likeness (QED) is 0.772. The number of hydrogen-bond donors (Lipinski definition) is 1. The van der Waals surface area contributed by atoms with Crippen LogP contribution in [-0.2, 0) is 0 Å². The van der Waals surface area contributed by atoms with Crippen LogP contribution in [0, 0.1) is 17.8 Å². The minimum absolute atomic E-state index is 0.270. The summed E-state index contributed by atoms with van der Waals surface area (Å²) in [5.41, 5.74) is -0.270. The molecule has 0 spiro atoms. The van der Waals surface area contributed by atoms with Crippen molar-refractivity contribution in [2.75, 3.05) is 0 Å². The first-order valence-electron chi connectivity index (χ1n) is 7.98. The fraction of sp³-hybridized carbons (Fsp3) is 1.00. The van der Waals surface area contributed by atoms with E-state index in [1.165, 1.54) is 57.8 Å². The molecule has 3 aliphatic carbocycles. The van der Waals surface area contributed by atoms with Crippen molar-refractivity contribution in [2.24, 2.45) is 17.8 Å². The molecule has 0 saturated heterocycles. The second kappa shape index (κ2) is 4.91. The zero-order valence-corrected chi connectivity index (χ0v) is 11.2. The average molecular weight is 236 g/mol. The molecule has 3 rings (SSSR count). The molecule has 0 aromatic carbocycles. The normalized spacial score (nSPS) is 39.7. The minimum atomic E-state index is -0.270. The van der Waals surface area contributed by atoms with Crippen molar-refractivity contribution in [3.8, 4) is 0 Å². The van der Waals surface area contributed by atoms with Gasteiger partial charge in [-0.05, 0) is 62.7 Å². The average Bonchev–Trinajstić information content (AvgIpc) is 3.04. The van der Waals surface area contributed by atoms with Gasteiger partial charge in [-0.1, -0.05) is 32.1 Å². The summed E-state index contributed by atoms with van der Waals surface area (Å²) < 4.78 is 0. The smallest absolute Gasteiger partial charge is 0.0650 e. The van der Waals surface area contributed by atoms with Gasteiger partial charge < -0.3 is 5.11 Å².